The topological polar surface area (TPSA) is 68.2 Å². The average molecular weight is 340 g/mol. The third-order valence-electron chi connectivity index (χ3n) is 4.25. The molecule has 1 heterocycles. The number of urea groups is 1. The van der Waals surface area contributed by atoms with E-state index < -0.39 is 0 Å². The highest BCUT2D eigenvalue weighted by atomic mass is 16.5. The standard InChI is InChI=1S/C19H24N4O2/c1-15(2)12-25-17-7-4-3-6-16(17)22-18(24)20-13-19(8-9-19)14-23-11-5-10-21-23/h3-7,10-11H,1,8-9,12-14H2,2H3,(H2,20,22,24). The Kier molecular flexibility index (Phi) is 5.07. The van der Waals surface area contributed by atoms with Gasteiger partial charge in [0.1, 0.15) is 12.4 Å². The molecule has 3 rings (SSSR count). The average Bonchev–Trinajstić information content (AvgIpc) is 3.16. The molecular weight excluding hydrogens is 316 g/mol. The van der Waals surface area contributed by atoms with Gasteiger partial charge in [0.15, 0.2) is 0 Å². The summed E-state index contributed by atoms with van der Waals surface area (Å²) in [6.07, 6.45) is 5.93. The lowest BCUT2D eigenvalue weighted by atomic mass is 10.1. The number of ether oxygens (including phenoxy) is 1. The summed E-state index contributed by atoms with van der Waals surface area (Å²) < 4.78 is 7.60. The van der Waals surface area contributed by atoms with E-state index in [1.54, 1.807) is 6.20 Å². The fourth-order valence-electron chi connectivity index (χ4n) is 2.64. The number of rotatable bonds is 8. The number of carbonyl (C=O) groups excluding carboxylic acids is 1. The van der Waals surface area contributed by atoms with Gasteiger partial charge >= 0.3 is 6.03 Å². The monoisotopic (exact) mass is 340 g/mol. The van der Waals surface area contributed by atoms with Crippen LogP contribution >= 0.6 is 0 Å². The SMILES string of the molecule is C=C(C)COc1ccccc1NC(=O)NCC1(Cn2cccn2)CC1. The minimum absolute atomic E-state index is 0.124. The Hall–Kier alpha value is -2.76. The van der Waals surface area contributed by atoms with E-state index in [9.17, 15) is 4.79 Å². The van der Waals surface area contributed by atoms with E-state index in [4.69, 9.17) is 4.74 Å². The first-order valence-electron chi connectivity index (χ1n) is 8.45. The largest absolute Gasteiger partial charge is 0.487 e. The third kappa shape index (κ3) is 4.86. The Labute approximate surface area is 147 Å². The van der Waals surface area contributed by atoms with Crippen LogP contribution in [0.25, 0.3) is 0 Å². The Morgan fingerprint density at radius 2 is 2.16 bits per heavy atom. The smallest absolute Gasteiger partial charge is 0.319 e. The molecule has 0 unspecified atom stereocenters. The zero-order valence-electron chi connectivity index (χ0n) is 14.5. The third-order valence-corrected chi connectivity index (χ3v) is 4.25. The second-order valence-electron chi connectivity index (χ2n) is 6.75. The lowest BCUT2D eigenvalue weighted by Crippen LogP contribution is -2.35. The second kappa shape index (κ2) is 7.42. The van der Waals surface area contributed by atoms with Crippen LogP contribution in [-0.4, -0.2) is 29.0 Å². The van der Waals surface area contributed by atoms with Gasteiger partial charge < -0.3 is 15.4 Å². The molecule has 1 aromatic carbocycles. The Bertz CT molecular complexity index is 736. The maximum Gasteiger partial charge on any atom is 0.319 e. The van der Waals surface area contributed by atoms with Gasteiger partial charge in [0.25, 0.3) is 0 Å². The maximum absolute atomic E-state index is 12.3. The van der Waals surface area contributed by atoms with Crippen LogP contribution in [-0.2, 0) is 6.54 Å². The summed E-state index contributed by atoms with van der Waals surface area (Å²) in [6, 6.07) is 9.09. The number of aromatic nitrogens is 2. The maximum atomic E-state index is 12.3. The number of nitrogens with one attached hydrogen (secondary N) is 2. The minimum atomic E-state index is -0.224. The van der Waals surface area contributed by atoms with Crippen molar-refractivity contribution in [1.82, 2.24) is 15.1 Å². The number of benzene rings is 1. The van der Waals surface area contributed by atoms with Crippen molar-refractivity contribution in [2.45, 2.75) is 26.3 Å². The summed E-state index contributed by atoms with van der Waals surface area (Å²) >= 11 is 0. The summed E-state index contributed by atoms with van der Waals surface area (Å²) in [5.41, 5.74) is 1.70. The molecule has 0 spiro atoms. The first-order chi connectivity index (χ1) is 12.1. The van der Waals surface area contributed by atoms with Crippen LogP contribution in [0.5, 0.6) is 5.75 Å². The normalized spacial score (nSPS) is 14.6. The molecule has 1 aliphatic carbocycles. The number of anilines is 1. The van der Waals surface area contributed by atoms with Crippen LogP contribution in [0.15, 0.2) is 54.9 Å². The zero-order valence-corrected chi connectivity index (χ0v) is 14.5. The van der Waals surface area contributed by atoms with Gasteiger partial charge in [-0.05, 0) is 43.5 Å². The highest BCUT2D eigenvalue weighted by Gasteiger charge is 2.43. The molecule has 1 aliphatic rings. The quantitative estimate of drug-likeness (QED) is 0.723. The lowest BCUT2D eigenvalue weighted by Gasteiger charge is -2.17. The predicted molar refractivity (Wildman–Crippen MR) is 97.7 cm³/mol. The van der Waals surface area contributed by atoms with Crippen LogP contribution in [0.1, 0.15) is 19.8 Å². The van der Waals surface area contributed by atoms with E-state index in [-0.39, 0.29) is 11.4 Å². The number of carbonyl (C=O) groups is 1. The fraction of sp³-hybridized carbons (Fsp3) is 0.368. The van der Waals surface area contributed by atoms with Gasteiger partial charge in [-0.2, -0.15) is 5.10 Å². The Balaban J connectivity index is 1.52. The van der Waals surface area contributed by atoms with Crippen molar-refractivity contribution in [3.8, 4) is 5.75 Å². The summed E-state index contributed by atoms with van der Waals surface area (Å²) in [6.45, 7) is 7.61. The van der Waals surface area contributed by atoms with E-state index in [1.807, 2.05) is 48.1 Å². The number of hydrogen-bond donors (Lipinski definition) is 2. The summed E-state index contributed by atoms with van der Waals surface area (Å²) in [5, 5.41) is 10.1. The molecule has 0 bridgehead atoms. The zero-order chi connectivity index (χ0) is 17.7. The molecule has 132 valence electrons. The fourth-order valence-corrected chi connectivity index (χ4v) is 2.64. The van der Waals surface area contributed by atoms with Crippen molar-refractivity contribution in [1.29, 1.82) is 0 Å². The molecule has 6 nitrogen and oxygen atoms in total. The molecule has 0 saturated heterocycles. The molecule has 2 aromatic rings. The molecule has 1 saturated carbocycles. The lowest BCUT2D eigenvalue weighted by molar-refractivity contribution is 0.247. The Morgan fingerprint density at radius 3 is 2.84 bits per heavy atom. The van der Waals surface area contributed by atoms with Gasteiger partial charge in [0.2, 0.25) is 0 Å². The number of nitrogens with zero attached hydrogens (tertiary/aromatic N) is 2. The highest BCUT2D eigenvalue weighted by molar-refractivity contribution is 5.90. The van der Waals surface area contributed by atoms with Crippen molar-refractivity contribution in [3.63, 3.8) is 0 Å². The van der Waals surface area contributed by atoms with Crippen LogP contribution in [0.2, 0.25) is 0 Å². The van der Waals surface area contributed by atoms with E-state index in [0.717, 1.165) is 25.0 Å². The molecule has 2 N–H and O–H groups in total. The van der Waals surface area contributed by atoms with Crippen molar-refractivity contribution in [2.75, 3.05) is 18.5 Å². The van der Waals surface area contributed by atoms with E-state index in [2.05, 4.69) is 22.3 Å². The molecule has 1 aromatic heterocycles. The number of hydrogen-bond acceptors (Lipinski definition) is 3. The molecule has 2 amide bonds. The molecule has 1 fully saturated rings. The first-order valence-corrected chi connectivity index (χ1v) is 8.45. The van der Waals surface area contributed by atoms with Gasteiger partial charge in [-0.3, -0.25) is 4.68 Å². The summed E-state index contributed by atoms with van der Waals surface area (Å²) in [5.74, 6) is 0.637. The molecular formula is C19H24N4O2. The van der Waals surface area contributed by atoms with E-state index in [1.165, 1.54) is 0 Å². The first kappa shape index (κ1) is 17.1. The van der Waals surface area contributed by atoms with Gasteiger partial charge in [-0.15, -0.1) is 0 Å². The van der Waals surface area contributed by atoms with Crippen molar-refractivity contribution in [3.05, 3.63) is 54.9 Å². The highest BCUT2D eigenvalue weighted by Crippen LogP contribution is 2.46. The second-order valence-corrected chi connectivity index (χ2v) is 6.75. The molecule has 0 aliphatic heterocycles. The molecule has 6 heteroatoms. The molecule has 25 heavy (non-hydrogen) atoms. The van der Waals surface area contributed by atoms with Gasteiger partial charge in [-0.25, -0.2) is 4.79 Å². The number of para-hydroxylation sites is 2. The van der Waals surface area contributed by atoms with Crippen molar-refractivity contribution < 1.29 is 9.53 Å². The minimum Gasteiger partial charge on any atom is -0.487 e. The molecule has 0 radical (unpaired) electrons. The van der Waals surface area contributed by atoms with Crippen molar-refractivity contribution >= 4 is 11.7 Å². The number of amides is 2. The van der Waals surface area contributed by atoms with E-state index in [0.29, 0.717) is 24.6 Å². The van der Waals surface area contributed by atoms with Crippen LogP contribution in [0, 0.1) is 5.41 Å². The summed E-state index contributed by atoms with van der Waals surface area (Å²) in [4.78, 5) is 12.3. The van der Waals surface area contributed by atoms with Gasteiger partial charge in [0.05, 0.1) is 5.69 Å². The van der Waals surface area contributed by atoms with E-state index >= 15 is 0 Å². The van der Waals surface area contributed by atoms with Crippen LogP contribution in [0.4, 0.5) is 10.5 Å². The summed E-state index contributed by atoms with van der Waals surface area (Å²) in [7, 11) is 0. The van der Waals surface area contributed by atoms with Gasteiger partial charge in [0, 0.05) is 30.9 Å². The Morgan fingerprint density at radius 1 is 1.36 bits per heavy atom. The van der Waals surface area contributed by atoms with Crippen molar-refractivity contribution in [2.24, 2.45) is 5.41 Å². The van der Waals surface area contributed by atoms with Gasteiger partial charge in [-0.1, -0.05) is 18.7 Å². The van der Waals surface area contributed by atoms with Crippen LogP contribution < -0.4 is 15.4 Å². The predicted octanol–water partition coefficient (Wildman–Crippen LogP) is 3.44. The van der Waals surface area contributed by atoms with Crippen LogP contribution in [0.3, 0.4) is 0 Å². The molecule has 0 atom stereocenters.